The minimum atomic E-state index is -0.726. The van der Waals surface area contributed by atoms with Gasteiger partial charge in [-0.15, -0.1) is 0 Å². The molecule has 0 aliphatic heterocycles. The lowest BCUT2D eigenvalue weighted by Crippen LogP contribution is -2.40. The molecular weight excluding hydrogens is 238 g/mol. The van der Waals surface area contributed by atoms with Crippen LogP contribution in [0.2, 0.25) is 0 Å². The minimum absolute atomic E-state index is 0.0466. The molecule has 0 aromatic carbocycles. The second-order valence-electron chi connectivity index (χ2n) is 4.34. The van der Waals surface area contributed by atoms with Gasteiger partial charge in [0.15, 0.2) is 0 Å². The first-order chi connectivity index (χ1) is 8.43. The fourth-order valence-electron chi connectivity index (χ4n) is 1.55. The van der Waals surface area contributed by atoms with Gasteiger partial charge in [0.05, 0.1) is 0 Å². The second kappa shape index (κ2) is 6.15. The average molecular weight is 255 g/mol. The Morgan fingerprint density at radius 3 is 2.56 bits per heavy atom. The molecule has 0 saturated carbocycles. The number of amides is 1. The van der Waals surface area contributed by atoms with Crippen molar-refractivity contribution in [3.05, 3.63) is 32.6 Å². The quantitative estimate of drug-likeness (QED) is 0.551. The highest BCUT2D eigenvalue weighted by Crippen LogP contribution is 2.06. The lowest BCUT2D eigenvalue weighted by molar-refractivity contribution is 0.0911. The van der Waals surface area contributed by atoms with Crippen LogP contribution in [0.3, 0.4) is 0 Å². The molecule has 0 radical (unpaired) electrons. The number of nitrogens with one attached hydrogen (secondary N) is 3. The molecule has 100 valence electrons. The van der Waals surface area contributed by atoms with Crippen LogP contribution in [0.25, 0.3) is 0 Å². The molecule has 0 spiro atoms. The molecule has 0 saturated heterocycles. The minimum Gasteiger partial charge on any atom is -0.396 e. The molecule has 18 heavy (non-hydrogen) atoms. The highest BCUT2D eigenvalue weighted by Gasteiger charge is 2.17. The van der Waals surface area contributed by atoms with Crippen LogP contribution in [0.1, 0.15) is 30.8 Å². The van der Waals surface area contributed by atoms with Crippen molar-refractivity contribution in [1.82, 2.24) is 15.3 Å². The smallest absolute Gasteiger partial charge is 0.326 e. The van der Waals surface area contributed by atoms with E-state index in [0.29, 0.717) is 6.42 Å². The van der Waals surface area contributed by atoms with Crippen LogP contribution in [0, 0.1) is 5.92 Å². The van der Waals surface area contributed by atoms with E-state index in [1.54, 1.807) is 0 Å². The number of aromatic nitrogens is 2. The third-order valence-corrected chi connectivity index (χ3v) is 2.57. The van der Waals surface area contributed by atoms with Crippen LogP contribution in [0.5, 0.6) is 0 Å². The standard InChI is InChI=1S/C11H17N3O4/c1-6(2)7(3-4-15)12-10(17)8-5-9(16)14-11(18)13-8/h5-7,15H,3-4H2,1-2H3,(H,12,17)(H2,13,14,16,18). The van der Waals surface area contributed by atoms with E-state index >= 15 is 0 Å². The number of aromatic amines is 2. The van der Waals surface area contributed by atoms with Gasteiger partial charge >= 0.3 is 5.69 Å². The summed E-state index contributed by atoms with van der Waals surface area (Å²) in [5.41, 5.74) is -1.45. The lowest BCUT2D eigenvalue weighted by atomic mass is 10.0. The Kier molecular flexibility index (Phi) is 4.85. The first-order valence-electron chi connectivity index (χ1n) is 5.69. The molecule has 1 unspecified atom stereocenters. The summed E-state index contributed by atoms with van der Waals surface area (Å²) < 4.78 is 0. The molecule has 0 fully saturated rings. The van der Waals surface area contributed by atoms with Crippen molar-refractivity contribution in [2.45, 2.75) is 26.3 Å². The Bertz CT molecular complexity index is 489. The van der Waals surface area contributed by atoms with Gasteiger partial charge in [-0.25, -0.2) is 4.79 Å². The fourth-order valence-corrected chi connectivity index (χ4v) is 1.55. The van der Waals surface area contributed by atoms with Gasteiger partial charge in [0.2, 0.25) is 0 Å². The maximum absolute atomic E-state index is 11.8. The van der Waals surface area contributed by atoms with Gasteiger partial charge in [-0.2, -0.15) is 0 Å². The molecular formula is C11H17N3O4. The maximum atomic E-state index is 11.8. The number of H-pyrrole nitrogens is 2. The number of hydrogen-bond acceptors (Lipinski definition) is 4. The van der Waals surface area contributed by atoms with Crippen LogP contribution in [-0.4, -0.2) is 33.6 Å². The van der Waals surface area contributed by atoms with E-state index in [0.717, 1.165) is 6.07 Å². The van der Waals surface area contributed by atoms with Crippen molar-refractivity contribution >= 4 is 5.91 Å². The first kappa shape index (κ1) is 14.2. The lowest BCUT2D eigenvalue weighted by Gasteiger charge is -2.21. The number of aliphatic hydroxyl groups is 1. The summed E-state index contributed by atoms with van der Waals surface area (Å²) >= 11 is 0. The van der Waals surface area contributed by atoms with Gasteiger partial charge in [-0.1, -0.05) is 13.8 Å². The maximum Gasteiger partial charge on any atom is 0.326 e. The normalized spacial score (nSPS) is 12.4. The molecule has 4 N–H and O–H groups in total. The highest BCUT2D eigenvalue weighted by atomic mass is 16.3. The van der Waals surface area contributed by atoms with Crippen LogP contribution >= 0.6 is 0 Å². The Morgan fingerprint density at radius 2 is 2.06 bits per heavy atom. The van der Waals surface area contributed by atoms with Gasteiger partial charge in [0.1, 0.15) is 5.69 Å². The predicted octanol–water partition coefficient (Wildman–Crippen LogP) is -0.800. The predicted molar refractivity (Wildman–Crippen MR) is 65.5 cm³/mol. The fraction of sp³-hybridized carbons (Fsp3) is 0.545. The van der Waals surface area contributed by atoms with Gasteiger partial charge < -0.3 is 15.4 Å². The largest absolute Gasteiger partial charge is 0.396 e. The van der Waals surface area contributed by atoms with Crippen LogP contribution in [0.15, 0.2) is 15.7 Å². The van der Waals surface area contributed by atoms with Crippen LogP contribution in [-0.2, 0) is 0 Å². The molecule has 7 heteroatoms. The third kappa shape index (κ3) is 3.85. The SMILES string of the molecule is CC(C)C(CCO)NC(=O)c1cc(=O)[nH]c(=O)[nH]1. The Hall–Kier alpha value is -1.89. The van der Waals surface area contributed by atoms with Crippen molar-refractivity contribution in [2.75, 3.05) is 6.61 Å². The third-order valence-electron chi connectivity index (χ3n) is 2.57. The van der Waals surface area contributed by atoms with Crippen molar-refractivity contribution in [3.8, 4) is 0 Å². The summed E-state index contributed by atoms with van der Waals surface area (Å²) in [6.45, 7) is 3.76. The van der Waals surface area contributed by atoms with Crippen molar-refractivity contribution in [3.63, 3.8) is 0 Å². The topological polar surface area (TPSA) is 115 Å². The number of carbonyl (C=O) groups is 1. The van der Waals surface area contributed by atoms with Gasteiger partial charge in [-0.05, 0) is 12.3 Å². The highest BCUT2D eigenvalue weighted by molar-refractivity contribution is 5.92. The second-order valence-corrected chi connectivity index (χ2v) is 4.34. The van der Waals surface area contributed by atoms with E-state index in [1.807, 2.05) is 18.8 Å². The molecule has 0 aliphatic carbocycles. The molecule has 1 aromatic heterocycles. The van der Waals surface area contributed by atoms with E-state index in [-0.39, 0.29) is 24.3 Å². The first-order valence-corrected chi connectivity index (χ1v) is 5.69. The van der Waals surface area contributed by atoms with Gasteiger partial charge in [-0.3, -0.25) is 14.6 Å². The molecule has 1 atom stereocenters. The van der Waals surface area contributed by atoms with Crippen molar-refractivity contribution in [1.29, 1.82) is 0 Å². The molecule has 7 nitrogen and oxygen atoms in total. The number of aliphatic hydroxyl groups excluding tert-OH is 1. The van der Waals surface area contributed by atoms with Crippen molar-refractivity contribution in [2.24, 2.45) is 5.92 Å². The zero-order chi connectivity index (χ0) is 13.7. The monoisotopic (exact) mass is 255 g/mol. The summed E-state index contributed by atoms with van der Waals surface area (Å²) in [5.74, 6) is -0.403. The van der Waals surface area contributed by atoms with Crippen molar-refractivity contribution < 1.29 is 9.90 Å². The molecule has 1 heterocycles. The van der Waals surface area contributed by atoms with Crippen LogP contribution < -0.4 is 16.6 Å². The van der Waals surface area contributed by atoms with Gasteiger partial charge in [0.25, 0.3) is 11.5 Å². The number of carbonyl (C=O) groups excluding carboxylic acids is 1. The van der Waals surface area contributed by atoms with Crippen LogP contribution in [0.4, 0.5) is 0 Å². The number of hydrogen-bond donors (Lipinski definition) is 4. The Balaban J connectivity index is 2.86. The number of rotatable bonds is 5. The van der Waals surface area contributed by atoms with Gasteiger partial charge in [0, 0.05) is 18.7 Å². The Labute approximate surface area is 103 Å². The molecule has 1 aromatic rings. The summed E-state index contributed by atoms with van der Waals surface area (Å²) in [7, 11) is 0. The van der Waals surface area contributed by atoms with E-state index in [1.165, 1.54) is 0 Å². The zero-order valence-electron chi connectivity index (χ0n) is 10.3. The summed E-state index contributed by atoms with van der Waals surface area (Å²) in [6, 6.07) is 0.804. The summed E-state index contributed by atoms with van der Waals surface area (Å²) in [5, 5.41) is 11.6. The average Bonchev–Trinajstić information content (AvgIpc) is 2.26. The van der Waals surface area contributed by atoms with E-state index < -0.39 is 17.2 Å². The Morgan fingerprint density at radius 1 is 1.39 bits per heavy atom. The molecule has 0 aliphatic rings. The molecule has 1 amide bonds. The zero-order valence-corrected chi connectivity index (χ0v) is 10.3. The van der Waals surface area contributed by atoms with E-state index in [2.05, 4.69) is 10.3 Å². The van der Waals surface area contributed by atoms with E-state index in [4.69, 9.17) is 5.11 Å². The summed E-state index contributed by atoms with van der Waals surface area (Å²) in [4.78, 5) is 38.1. The summed E-state index contributed by atoms with van der Waals surface area (Å²) in [6.07, 6.45) is 0.414. The molecule has 0 bridgehead atoms. The van der Waals surface area contributed by atoms with E-state index in [9.17, 15) is 14.4 Å². The molecule has 1 rings (SSSR count).